The Balaban J connectivity index is 2.06. The molecule has 1 atom stereocenters. The molecule has 1 aromatic carbocycles. The minimum atomic E-state index is 0.119. The predicted molar refractivity (Wildman–Crippen MR) is 132 cm³/mol. The molecule has 0 aliphatic heterocycles. The summed E-state index contributed by atoms with van der Waals surface area (Å²) in [5.74, 6) is 0.546. The largest absolute Gasteiger partial charge is 0.478 e. The van der Waals surface area contributed by atoms with E-state index in [0.717, 1.165) is 60.8 Å². The van der Waals surface area contributed by atoms with Gasteiger partial charge in [-0.15, -0.1) is 0 Å². The Morgan fingerprint density at radius 2 is 1.91 bits per heavy atom. The third-order valence-electron chi connectivity index (χ3n) is 5.83. The van der Waals surface area contributed by atoms with Crippen molar-refractivity contribution >= 4 is 33.5 Å². The highest BCUT2D eigenvalue weighted by atomic mass is 35.5. The molecule has 6 nitrogen and oxygen atoms in total. The Morgan fingerprint density at radius 1 is 1.12 bits per heavy atom. The summed E-state index contributed by atoms with van der Waals surface area (Å²) in [4.78, 5) is 12.2. The van der Waals surface area contributed by atoms with Crippen molar-refractivity contribution in [2.45, 2.75) is 59.4 Å². The summed E-state index contributed by atoms with van der Waals surface area (Å²) in [5, 5.41) is 13.0. The molecule has 0 spiro atoms. The molecule has 3 aromatic rings. The Hall–Kier alpha value is -2.31. The molecule has 2 aromatic heterocycles. The molecule has 2 heterocycles. The zero-order chi connectivity index (χ0) is 23.1. The maximum absolute atomic E-state index is 10.9. The fourth-order valence-electron chi connectivity index (χ4n) is 3.88. The van der Waals surface area contributed by atoms with Crippen LogP contribution < -0.4 is 10.1 Å². The first-order chi connectivity index (χ1) is 15.5. The van der Waals surface area contributed by atoms with Gasteiger partial charge in [0, 0.05) is 22.5 Å². The van der Waals surface area contributed by atoms with Gasteiger partial charge in [0.25, 0.3) is 0 Å². The maximum atomic E-state index is 10.9. The summed E-state index contributed by atoms with van der Waals surface area (Å²) in [7, 11) is 0. The van der Waals surface area contributed by atoms with Crippen LogP contribution in [0.3, 0.4) is 0 Å². The fraction of sp³-hybridized carbons (Fsp3) is 0.520. The minimum absolute atomic E-state index is 0.119. The molecular weight excluding hydrogens is 424 g/mol. The second kappa shape index (κ2) is 11.5. The lowest BCUT2D eigenvalue weighted by molar-refractivity contribution is 0.211. The van der Waals surface area contributed by atoms with E-state index in [0.29, 0.717) is 34.1 Å². The number of hydrogen-bond acceptors (Lipinski definition) is 5. The van der Waals surface area contributed by atoms with E-state index >= 15 is 0 Å². The Bertz CT molecular complexity index is 1110. The molecule has 32 heavy (non-hydrogen) atoms. The van der Waals surface area contributed by atoms with E-state index in [2.05, 4.69) is 32.6 Å². The van der Waals surface area contributed by atoms with E-state index in [1.165, 1.54) is 0 Å². The van der Waals surface area contributed by atoms with Gasteiger partial charge in [-0.05, 0) is 70.1 Å². The van der Waals surface area contributed by atoms with Gasteiger partial charge in [0.2, 0.25) is 5.88 Å². The topological polar surface area (TPSA) is 62.9 Å². The number of ether oxygens (including phenoxy) is 1. The van der Waals surface area contributed by atoms with Gasteiger partial charge < -0.3 is 14.8 Å². The summed E-state index contributed by atoms with van der Waals surface area (Å²) in [6.07, 6.45) is 4.09. The molecular formula is C25H35ClN4O2. The van der Waals surface area contributed by atoms with Crippen LogP contribution in [0.1, 0.15) is 53.4 Å². The summed E-state index contributed by atoms with van der Waals surface area (Å²) < 4.78 is 6.97. The van der Waals surface area contributed by atoms with Crippen LogP contribution in [0.4, 0.5) is 0 Å². The smallest absolute Gasteiger partial charge is 0.213 e. The van der Waals surface area contributed by atoms with Gasteiger partial charge in [-0.3, -0.25) is 4.99 Å². The molecule has 0 radical (unpaired) electrons. The van der Waals surface area contributed by atoms with E-state index in [-0.39, 0.29) is 6.04 Å². The zero-order valence-corrected chi connectivity index (χ0v) is 20.4. The average Bonchev–Trinajstić information content (AvgIpc) is 2.79. The van der Waals surface area contributed by atoms with Gasteiger partial charge in [-0.25, -0.2) is 4.98 Å². The average molecular weight is 459 g/mol. The first-order valence-electron chi connectivity index (χ1n) is 11.7. The van der Waals surface area contributed by atoms with Gasteiger partial charge in [0.15, 0.2) is 0 Å². The van der Waals surface area contributed by atoms with Crippen LogP contribution in [0.15, 0.2) is 35.3 Å². The highest BCUT2D eigenvalue weighted by Crippen LogP contribution is 2.22. The molecule has 7 heteroatoms. The number of fused-ring (bicyclic) bond motifs is 2. The monoisotopic (exact) mass is 458 g/mol. The first-order valence-corrected chi connectivity index (χ1v) is 12.1. The van der Waals surface area contributed by atoms with E-state index in [1.54, 1.807) is 12.1 Å². The molecule has 0 saturated heterocycles. The Labute approximate surface area is 195 Å². The molecule has 0 fully saturated rings. The minimum Gasteiger partial charge on any atom is -0.478 e. The SMILES string of the molecule is CCCCOc1ccc2c(n1)c(=NC(C)CCCN(CC)CC)c1ccc(Cl)cc1n2O. The van der Waals surface area contributed by atoms with Crippen LogP contribution in [-0.2, 0) is 0 Å². The number of nitrogens with zero attached hydrogens (tertiary/aromatic N) is 4. The van der Waals surface area contributed by atoms with Crippen molar-refractivity contribution in [2.75, 3.05) is 26.2 Å². The van der Waals surface area contributed by atoms with Crippen LogP contribution in [0.2, 0.25) is 5.02 Å². The van der Waals surface area contributed by atoms with Crippen LogP contribution in [-0.4, -0.2) is 52.1 Å². The number of rotatable bonds is 11. The lowest BCUT2D eigenvalue weighted by Crippen LogP contribution is -2.24. The van der Waals surface area contributed by atoms with E-state index in [4.69, 9.17) is 26.3 Å². The van der Waals surface area contributed by atoms with E-state index in [1.807, 2.05) is 18.2 Å². The van der Waals surface area contributed by atoms with Gasteiger partial charge in [-0.1, -0.05) is 38.8 Å². The second-order valence-corrected chi connectivity index (χ2v) is 8.62. The molecule has 0 bridgehead atoms. The predicted octanol–water partition coefficient (Wildman–Crippen LogP) is 5.67. The number of benzene rings is 1. The standard InChI is InChI=1S/C25H35ClN4O2/c1-5-8-16-32-23-14-13-21-25(28-23)24(20-12-11-19(26)17-22(20)30(21)31)27-18(4)10-9-15-29(6-2)7-3/h11-14,17-18,31H,5-10,15-16H2,1-4H3. The molecule has 1 unspecified atom stereocenters. The molecule has 174 valence electrons. The summed E-state index contributed by atoms with van der Waals surface area (Å²) >= 11 is 6.23. The highest BCUT2D eigenvalue weighted by Gasteiger charge is 2.13. The lowest BCUT2D eigenvalue weighted by atomic mass is 10.1. The van der Waals surface area contributed by atoms with Crippen LogP contribution in [0.25, 0.3) is 21.9 Å². The third-order valence-corrected chi connectivity index (χ3v) is 6.07. The highest BCUT2D eigenvalue weighted by molar-refractivity contribution is 6.31. The van der Waals surface area contributed by atoms with Crippen molar-refractivity contribution in [1.82, 2.24) is 14.6 Å². The number of unbranched alkanes of at least 4 members (excludes halogenated alkanes) is 1. The molecule has 1 N–H and O–H groups in total. The molecule has 3 rings (SSSR count). The second-order valence-electron chi connectivity index (χ2n) is 8.19. The van der Waals surface area contributed by atoms with Crippen molar-refractivity contribution in [3.05, 3.63) is 40.7 Å². The van der Waals surface area contributed by atoms with Crippen LogP contribution in [0.5, 0.6) is 5.88 Å². The van der Waals surface area contributed by atoms with Crippen LogP contribution >= 0.6 is 11.6 Å². The van der Waals surface area contributed by atoms with Gasteiger partial charge >= 0.3 is 0 Å². The number of halogens is 1. The summed E-state index contributed by atoms with van der Waals surface area (Å²) in [6, 6.07) is 9.21. The number of pyridine rings is 2. The van der Waals surface area contributed by atoms with Gasteiger partial charge in [0.05, 0.1) is 17.5 Å². The van der Waals surface area contributed by atoms with Gasteiger partial charge in [0.1, 0.15) is 11.0 Å². The zero-order valence-electron chi connectivity index (χ0n) is 19.6. The van der Waals surface area contributed by atoms with Crippen molar-refractivity contribution in [3.8, 4) is 5.88 Å². The van der Waals surface area contributed by atoms with E-state index < -0.39 is 0 Å². The summed E-state index contributed by atoms with van der Waals surface area (Å²) in [6.45, 7) is 12.5. The molecule has 0 saturated carbocycles. The van der Waals surface area contributed by atoms with E-state index in [9.17, 15) is 5.21 Å². The fourth-order valence-corrected chi connectivity index (χ4v) is 4.05. The summed E-state index contributed by atoms with van der Waals surface area (Å²) in [5.41, 5.74) is 1.82. The quantitative estimate of drug-likeness (QED) is 0.228. The number of aromatic nitrogens is 2. The van der Waals surface area contributed by atoms with Gasteiger partial charge in [-0.2, -0.15) is 4.73 Å². The van der Waals surface area contributed by atoms with Crippen molar-refractivity contribution in [3.63, 3.8) is 0 Å². The van der Waals surface area contributed by atoms with Crippen molar-refractivity contribution < 1.29 is 9.94 Å². The first kappa shape index (κ1) is 24.3. The molecule has 0 amide bonds. The Morgan fingerprint density at radius 3 is 2.62 bits per heavy atom. The Kier molecular flexibility index (Phi) is 8.76. The van der Waals surface area contributed by atoms with Crippen molar-refractivity contribution in [2.24, 2.45) is 4.99 Å². The maximum Gasteiger partial charge on any atom is 0.213 e. The number of hydrogen-bond donors (Lipinski definition) is 1. The van der Waals surface area contributed by atoms with Crippen LogP contribution in [0, 0.1) is 0 Å². The normalized spacial score (nSPS) is 13.4. The van der Waals surface area contributed by atoms with Crippen molar-refractivity contribution in [1.29, 1.82) is 0 Å². The molecule has 0 aliphatic rings. The molecule has 0 aliphatic carbocycles. The lowest BCUT2D eigenvalue weighted by Gasteiger charge is -2.18. The third kappa shape index (κ3) is 5.73.